The number of thioether (sulfide) groups is 1. The average Bonchev–Trinajstić information content (AvgIpc) is 2.44. The van der Waals surface area contributed by atoms with Crippen molar-refractivity contribution in [2.24, 2.45) is 0 Å². The van der Waals surface area contributed by atoms with Crippen LogP contribution in [0.15, 0.2) is 40.9 Å². The van der Waals surface area contributed by atoms with Crippen LogP contribution in [0.5, 0.6) is 0 Å². The summed E-state index contributed by atoms with van der Waals surface area (Å²) in [5, 5.41) is 29.8. The van der Waals surface area contributed by atoms with E-state index in [1.807, 2.05) is 0 Å². The lowest BCUT2D eigenvalue weighted by molar-refractivity contribution is -0.139. The third-order valence-electron chi connectivity index (χ3n) is 2.31. The van der Waals surface area contributed by atoms with Crippen LogP contribution < -0.4 is 5.32 Å². The van der Waals surface area contributed by atoms with Crippen molar-refractivity contribution in [3.8, 4) is 12.1 Å². The van der Waals surface area contributed by atoms with Crippen LogP contribution in [0.3, 0.4) is 0 Å². The Hall–Kier alpha value is -2.44. The first-order chi connectivity index (χ1) is 9.13. The number of benzene rings is 1. The van der Waals surface area contributed by atoms with Gasteiger partial charge < -0.3 is 10.4 Å². The number of carbonyl (C=O) groups is 1. The summed E-state index contributed by atoms with van der Waals surface area (Å²) < 4.78 is 0. The summed E-state index contributed by atoms with van der Waals surface area (Å²) in [5.74, 6) is -1.08. The maximum atomic E-state index is 11.3. The summed E-state index contributed by atoms with van der Waals surface area (Å²) in [5.41, 5.74) is 0.423. The second-order valence-electron chi connectivity index (χ2n) is 3.46. The predicted molar refractivity (Wildman–Crippen MR) is 71.7 cm³/mol. The Morgan fingerprint density at radius 3 is 2.32 bits per heavy atom. The highest BCUT2D eigenvalue weighted by Gasteiger charge is 2.21. The van der Waals surface area contributed by atoms with E-state index < -0.39 is 12.0 Å². The van der Waals surface area contributed by atoms with Gasteiger partial charge >= 0.3 is 5.97 Å². The van der Waals surface area contributed by atoms with E-state index in [4.69, 9.17) is 10.5 Å². The molecule has 1 aromatic carbocycles. The number of aliphatic carboxylic acids is 1. The fourth-order valence-corrected chi connectivity index (χ4v) is 1.96. The molecule has 1 aromatic rings. The largest absolute Gasteiger partial charge is 0.479 e. The highest BCUT2D eigenvalue weighted by Crippen LogP contribution is 2.20. The topological polar surface area (TPSA) is 96.9 Å². The number of nitriles is 2. The molecular weight excluding hydrogens is 262 g/mol. The Balaban J connectivity index is 3.12. The van der Waals surface area contributed by atoms with Gasteiger partial charge in [-0.15, -0.1) is 11.8 Å². The minimum absolute atomic E-state index is 0.130. The van der Waals surface area contributed by atoms with Crippen molar-refractivity contribution >= 4 is 17.7 Å². The first-order valence-electron chi connectivity index (χ1n) is 5.26. The van der Waals surface area contributed by atoms with Gasteiger partial charge in [-0.3, -0.25) is 0 Å². The zero-order valence-corrected chi connectivity index (χ0v) is 10.9. The van der Waals surface area contributed by atoms with Crippen LogP contribution in [0.2, 0.25) is 0 Å². The second kappa shape index (κ2) is 7.10. The number of hydrogen-bond donors (Lipinski definition) is 2. The first-order valence-corrected chi connectivity index (χ1v) is 6.49. The number of hydrogen-bond acceptors (Lipinski definition) is 5. The molecule has 1 rings (SSSR count). The van der Waals surface area contributed by atoms with Gasteiger partial charge in [0.1, 0.15) is 12.1 Å². The lowest BCUT2D eigenvalue weighted by Crippen LogP contribution is -2.27. The Labute approximate surface area is 115 Å². The Morgan fingerprint density at radius 1 is 1.32 bits per heavy atom. The molecule has 0 aliphatic rings. The molecule has 0 aliphatic heterocycles. The van der Waals surface area contributed by atoms with Gasteiger partial charge in [0, 0.05) is 0 Å². The molecule has 0 fully saturated rings. The molecule has 0 saturated heterocycles. The Morgan fingerprint density at radius 2 is 1.89 bits per heavy atom. The van der Waals surface area contributed by atoms with E-state index in [1.165, 1.54) is 0 Å². The fraction of sp³-hybridized carbons (Fsp3) is 0.154. The van der Waals surface area contributed by atoms with Gasteiger partial charge in [0.05, 0.1) is 5.03 Å². The van der Waals surface area contributed by atoms with Gasteiger partial charge in [0.15, 0.2) is 11.6 Å². The van der Waals surface area contributed by atoms with Crippen molar-refractivity contribution in [1.29, 1.82) is 10.5 Å². The zero-order chi connectivity index (χ0) is 14.3. The summed E-state index contributed by atoms with van der Waals surface area (Å²) >= 11 is 1.13. The van der Waals surface area contributed by atoms with Crippen molar-refractivity contribution in [3.05, 3.63) is 46.5 Å². The minimum Gasteiger partial charge on any atom is -0.479 e. The van der Waals surface area contributed by atoms with Gasteiger partial charge in [-0.2, -0.15) is 10.5 Å². The van der Waals surface area contributed by atoms with E-state index in [0.29, 0.717) is 5.56 Å². The molecule has 96 valence electrons. The van der Waals surface area contributed by atoms with Crippen molar-refractivity contribution in [1.82, 2.24) is 5.32 Å². The van der Waals surface area contributed by atoms with E-state index in [9.17, 15) is 9.90 Å². The summed E-state index contributed by atoms with van der Waals surface area (Å²) in [4.78, 5) is 11.3. The molecule has 0 aliphatic carbocycles. The second-order valence-corrected chi connectivity index (χ2v) is 4.27. The monoisotopic (exact) mass is 273 g/mol. The minimum atomic E-state index is -1.08. The van der Waals surface area contributed by atoms with Gasteiger partial charge in [0.25, 0.3) is 0 Å². The average molecular weight is 273 g/mol. The lowest BCUT2D eigenvalue weighted by Gasteiger charge is -2.17. The van der Waals surface area contributed by atoms with E-state index in [2.05, 4.69) is 5.32 Å². The van der Waals surface area contributed by atoms with Gasteiger partial charge in [-0.1, -0.05) is 30.3 Å². The van der Waals surface area contributed by atoms with E-state index in [0.717, 1.165) is 11.8 Å². The van der Waals surface area contributed by atoms with Gasteiger partial charge in [-0.25, -0.2) is 4.79 Å². The molecule has 0 bridgehead atoms. The summed E-state index contributed by atoms with van der Waals surface area (Å²) in [6.07, 6.45) is 1.67. The molecule has 0 aromatic heterocycles. The molecular formula is C13H11N3O2S. The van der Waals surface area contributed by atoms with Crippen LogP contribution in [0.4, 0.5) is 0 Å². The van der Waals surface area contributed by atoms with Crippen molar-refractivity contribution < 1.29 is 9.90 Å². The van der Waals surface area contributed by atoms with Gasteiger partial charge in [-0.05, 0) is 11.8 Å². The highest BCUT2D eigenvalue weighted by atomic mass is 32.2. The summed E-state index contributed by atoms with van der Waals surface area (Å²) in [6, 6.07) is 11.1. The SMILES string of the molecule is CSC(N[C@H](C(=O)O)c1ccccc1)=C(C#N)C#N. The number of allylic oxidation sites excluding steroid dienone is 1. The van der Waals surface area contributed by atoms with Crippen molar-refractivity contribution in [3.63, 3.8) is 0 Å². The highest BCUT2D eigenvalue weighted by molar-refractivity contribution is 8.02. The molecule has 0 heterocycles. The Bertz CT molecular complexity index is 554. The van der Waals surface area contributed by atoms with Crippen LogP contribution in [-0.4, -0.2) is 17.3 Å². The lowest BCUT2D eigenvalue weighted by atomic mass is 10.1. The maximum Gasteiger partial charge on any atom is 0.330 e. The number of carboxylic acids is 1. The quantitative estimate of drug-likeness (QED) is 0.797. The van der Waals surface area contributed by atoms with E-state index >= 15 is 0 Å². The predicted octanol–water partition coefficient (Wildman–Crippen LogP) is 2.02. The van der Waals surface area contributed by atoms with Crippen LogP contribution >= 0.6 is 11.8 Å². The molecule has 0 amide bonds. The number of carboxylic acid groups (broad SMARTS) is 1. The molecule has 19 heavy (non-hydrogen) atoms. The third-order valence-corrected chi connectivity index (χ3v) is 3.04. The number of rotatable bonds is 5. The molecule has 6 heteroatoms. The maximum absolute atomic E-state index is 11.3. The zero-order valence-electron chi connectivity index (χ0n) is 10.1. The van der Waals surface area contributed by atoms with Crippen LogP contribution in [0.25, 0.3) is 0 Å². The van der Waals surface area contributed by atoms with Gasteiger partial charge in [0.2, 0.25) is 0 Å². The summed E-state index contributed by atoms with van der Waals surface area (Å²) in [6.45, 7) is 0. The molecule has 0 unspecified atom stereocenters. The first kappa shape index (κ1) is 14.6. The smallest absolute Gasteiger partial charge is 0.330 e. The normalized spacial score (nSPS) is 10.7. The summed E-state index contributed by atoms with van der Waals surface area (Å²) in [7, 11) is 0. The van der Waals surface area contributed by atoms with Crippen LogP contribution in [0, 0.1) is 22.7 Å². The fourth-order valence-electron chi connectivity index (χ4n) is 1.42. The standard InChI is InChI=1S/C13H11N3O2S/c1-19-12(10(7-14)8-15)16-11(13(17)18)9-5-3-2-4-6-9/h2-6,11,16H,1H3,(H,17,18)/t11-/m0/s1. The number of nitrogens with one attached hydrogen (secondary N) is 1. The molecule has 0 saturated carbocycles. The van der Waals surface area contributed by atoms with Crippen LogP contribution in [-0.2, 0) is 4.79 Å². The van der Waals surface area contributed by atoms with Crippen molar-refractivity contribution in [2.75, 3.05) is 6.26 Å². The third kappa shape index (κ3) is 3.77. The molecule has 1 atom stereocenters. The van der Waals surface area contributed by atoms with Crippen LogP contribution in [0.1, 0.15) is 11.6 Å². The molecule has 0 radical (unpaired) electrons. The molecule has 2 N–H and O–H groups in total. The van der Waals surface area contributed by atoms with E-state index in [-0.39, 0.29) is 10.6 Å². The molecule has 0 spiro atoms. The van der Waals surface area contributed by atoms with Crippen molar-refractivity contribution in [2.45, 2.75) is 6.04 Å². The van der Waals surface area contributed by atoms with E-state index in [1.54, 1.807) is 48.7 Å². The number of nitrogens with zero attached hydrogens (tertiary/aromatic N) is 2. The Kier molecular flexibility index (Phi) is 5.46. The molecule has 5 nitrogen and oxygen atoms in total.